The molecule has 5 heteroatoms. The van der Waals surface area contributed by atoms with Crippen LogP contribution in [0.25, 0.3) is 0 Å². The molecule has 5 nitrogen and oxygen atoms in total. The maximum absolute atomic E-state index is 12.3. The molecular weight excluding hydrogens is 230 g/mol. The molecule has 1 aromatic heterocycles. The monoisotopic (exact) mass is 249 g/mol. The SMILES string of the molecule is Cc1cc(=O)c(C(=O)N2CC(CN)CC2C)c[nH]1. The van der Waals surface area contributed by atoms with E-state index in [1.807, 2.05) is 6.92 Å². The van der Waals surface area contributed by atoms with Crippen LogP contribution in [-0.2, 0) is 0 Å². The van der Waals surface area contributed by atoms with E-state index in [0.717, 1.165) is 12.1 Å². The van der Waals surface area contributed by atoms with E-state index in [-0.39, 0.29) is 22.9 Å². The number of hydrogen-bond acceptors (Lipinski definition) is 3. The van der Waals surface area contributed by atoms with Crippen molar-refractivity contribution in [2.75, 3.05) is 13.1 Å². The summed E-state index contributed by atoms with van der Waals surface area (Å²) in [6.45, 7) is 5.01. The van der Waals surface area contributed by atoms with Crippen molar-refractivity contribution in [3.05, 3.63) is 33.7 Å². The van der Waals surface area contributed by atoms with E-state index in [1.54, 1.807) is 11.8 Å². The molecule has 0 bridgehead atoms. The number of carbonyl (C=O) groups excluding carboxylic acids is 1. The molecule has 1 fully saturated rings. The van der Waals surface area contributed by atoms with Gasteiger partial charge in [-0.15, -0.1) is 0 Å². The van der Waals surface area contributed by atoms with Crippen LogP contribution in [0.15, 0.2) is 17.1 Å². The second-order valence-corrected chi connectivity index (χ2v) is 5.04. The Morgan fingerprint density at radius 2 is 2.33 bits per heavy atom. The molecule has 1 aliphatic heterocycles. The Morgan fingerprint density at radius 3 is 2.89 bits per heavy atom. The average Bonchev–Trinajstić information content (AvgIpc) is 2.70. The third-order valence-electron chi connectivity index (χ3n) is 3.54. The first-order valence-corrected chi connectivity index (χ1v) is 6.23. The number of aryl methyl sites for hydroxylation is 1. The number of aromatic nitrogens is 1. The van der Waals surface area contributed by atoms with Gasteiger partial charge in [-0.3, -0.25) is 9.59 Å². The van der Waals surface area contributed by atoms with Gasteiger partial charge in [0.1, 0.15) is 5.56 Å². The number of pyridine rings is 1. The van der Waals surface area contributed by atoms with Gasteiger partial charge in [0.15, 0.2) is 5.43 Å². The normalized spacial score (nSPS) is 23.4. The number of rotatable bonds is 2. The summed E-state index contributed by atoms with van der Waals surface area (Å²) in [4.78, 5) is 28.8. The van der Waals surface area contributed by atoms with Gasteiger partial charge in [-0.2, -0.15) is 0 Å². The Bertz CT molecular complexity index is 509. The van der Waals surface area contributed by atoms with Crippen molar-refractivity contribution in [1.29, 1.82) is 0 Å². The summed E-state index contributed by atoms with van der Waals surface area (Å²) < 4.78 is 0. The molecule has 2 atom stereocenters. The van der Waals surface area contributed by atoms with Crippen molar-refractivity contribution in [2.45, 2.75) is 26.3 Å². The Morgan fingerprint density at radius 1 is 1.61 bits per heavy atom. The molecular formula is C13H19N3O2. The van der Waals surface area contributed by atoms with Gasteiger partial charge >= 0.3 is 0 Å². The predicted octanol–water partition coefficient (Wildman–Crippen LogP) is 0.493. The van der Waals surface area contributed by atoms with Crippen molar-refractivity contribution >= 4 is 5.91 Å². The van der Waals surface area contributed by atoms with E-state index in [0.29, 0.717) is 19.0 Å². The number of aromatic amines is 1. The molecule has 2 unspecified atom stereocenters. The van der Waals surface area contributed by atoms with Crippen LogP contribution in [0.4, 0.5) is 0 Å². The molecule has 1 amide bonds. The summed E-state index contributed by atoms with van der Waals surface area (Å²) in [5.41, 5.74) is 6.39. The number of carbonyl (C=O) groups is 1. The van der Waals surface area contributed by atoms with E-state index >= 15 is 0 Å². The maximum atomic E-state index is 12.3. The van der Waals surface area contributed by atoms with Crippen LogP contribution in [0.3, 0.4) is 0 Å². The fourth-order valence-electron chi connectivity index (χ4n) is 2.49. The van der Waals surface area contributed by atoms with Crippen molar-refractivity contribution in [1.82, 2.24) is 9.88 Å². The molecule has 1 aromatic rings. The van der Waals surface area contributed by atoms with Gasteiger partial charge in [-0.05, 0) is 32.7 Å². The van der Waals surface area contributed by atoms with E-state index in [1.165, 1.54) is 12.3 Å². The Balaban J connectivity index is 2.24. The lowest BCUT2D eigenvalue weighted by Crippen LogP contribution is -2.37. The summed E-state index contributed by atoms with van der Waals surface area (Å²) in [7, 11) is 0. The molecule has 0 radical (unpaired) electrons. The summed E-state index contributed by atoms with van der Waals surface area (Å²) in [5.74, 6) is 0.146. The number of hydrogen-bond donors (Lipinski definition) is 2. The highest BCUT2D eigenvalue weighted by Crippen LogP contribution is 2.23. The minimum absolute atomic E-state index is 0.145. The van der Waals surface area contributed by atoms with Crippen molar-refractivity contribution in [2.24, 2.45) is 11.7 Å². The zero-order chi connectivity index (χ0) is 13.3. The van der Waals surface area contributed by atoms with Gasteiger partial charge in [0, 0.05) is 30.5 Å². The molecule has 98 valence electrons. The topological polar surface area (TPSA) is 79.2 Å². The molecule has 3 N–H and O–H groups in total. The van der Waals surface area contributed by atoms with Crippen LogP contribution in [0.1, 0.15) is 29.4 Å². The first-order chi connectivity index (χ1) is 8.52. The Kier molecular flexibility index (Phi) is 3.52. The van der Waals surface area contributed by atoms with Crippen molar-refractivity contribution in [3.8, 4) is 0 Å². The van der Waals surface area contributed by atoms with Crippen molar-refractivity contribution < 1.29 is 4.79 Å². The third-order valence-corrected chi connectivity index (χ3v) is 3.54. The van der Waals surface area contributed by atoms with Crippen LogP contribution in [0.5, 0.6) is 0 Å². The number of amides is 1. The minimum Gasteiger partial charge on any atom is -0.364 e. The number of nitrogens with zero attached hydrogens (tertiary/aromatic N) is 1. The van der Waals surface area contributed by atoms with Crippen LogP contribution in [-0.4, -0.2) is 34.9 Å². The number of H-pyrrole nitrogens is 1. The van der Waals surface area contributed by atoms with Gasteiger partial charge < -0.3 is 15.6 Å². The number of nitrogens with two attached hydrogens (primary N) is 1. The highest BCUT2D eigenvalue weighted by atomic mass is 16.2. The average molecular weight is 249 g/mol. The fourth-order valence-corrected chi connectivity index (χ4v) is 2.49. The van der Waals surface area contributed by atoms with Gasteiger partial charge in [0.25, 0.3) is 5.91 Å². The van der Waals surface area contributed by atoms with Gasteiger partial charge in [0.05, 0.1) is 0 Å². The largest absolute Gasteiger partial charge is 0.364 e. The minimum atomic E-state index is -0.223. The molecule has 0 saturated carbocycles. The van der Waals surface area contributed by atoms with Gasteiger partial charge in [0.2, 0.25) is 0 Å². The van der Waals surface area contributed by atoms with Crippen LogP contribution >= 0.6 is 0 Å². The molecule has 0 aromatic carbocycles. The van der Waals surface area contributed by atoms with Crippen LogP contribution in [0.2, 0.25) is 0 Å². The summed E-state index contributed by atoms with van der Waals surface area (Å²) >= 11 is 0. The summed E-state index contributed by atoms with van der Waals surface area (Å²) in [6, 6.07) is 1.60. The summed E-state index contributed by atoms with van der Waals surface area (Å²) in [6.07, 6.45) is 2.41. The highest BCUT2D eigenvalue weighted by Gasteiger charge is 2.32. The second-order valence-electron chi connectivity index (χ2n) is 5.04. The quantitative estimate of drug-likeness (QED) is 0.800. The molecule has 1 aliphatic rings. The smallest absolute Gasteiger partial charge is 0.259 e. The first kappa shape index (κ1) is 12.8. The number of nitrogens with one attached hydrogen (secondary N) is 1. The molecule has 18 heavy (non-hydrogen) atoms. The molecule has 2 rings (SSSR count). The standard InChI is InChI=1S/C13H19N3O2/c1-8-3-12(17)11(6-15-8)13(18)16-7-10(5-14)4-9(16)2/h3,6,9-10H,4-5,7,14H2,1-2H3,(H,15,17). The molecule has 2 heterocycles. The molecule has 1 saturated heterocycles. The zero-order valence-corrected chi connectivity index (χ0v) is 10.8. The summed E-state index contributed by atoms with van der Waals surface area (Å²) in [5, 5.41) is 0. The second kappa shape index (κ2) is 4.94. The van der Waals surface area contributed by atoms with E-state index in [2.05, 4.69) is 4.98 Å². The highest BCUT2D eigenvalue weighted by molar-refractivity contribution is 5.94. The van der Waals surface area contributed by atoms with Crippen LogP contribution < -0.4 is 11.2 Å². The van der Waals surface area contributed by atoms with E-state index in [9.17, 15) is 9.59 Å². The number of likely N-dealkylation sites (tertiary alicyclic amines) is 1. The van der Waals surface area contributed by atoms with Gasteiger partial charge in [-0.1, -0.05) is 0 Å². The Hall–Kier alpha value is -1.62. The molecule has 0 aliphatic carbocycles. The Labute approximate surface area is 106 Å². The van der Waals surface area contributed by atoms with E-state index < -0.39 is 0 Å². The lowest BCUT2D eigenvalue weighted by molar-refractivity contribution is 0.0741. The lowest BCUT2D eigenvalue weighted by atomic mass is 10.1. The lowest BCUT2D eigenvalue weighted by Gasteiger charge is -2.21. The fraction of sp³-hybridized carbons (Fsp3) is 0.538. The first-order valence-electron chi connectivity index (χ1n) is 6.23. The van der Waals surface area contributed by atoms with Crippen LogP contribution in [0, 0.1) is 12.8 Å². The van der Waals surface area contributed by atoms with E-state index in [4.69, 9.17) is 5.73 Å². The van der Waals surface area contributed by atoms with Gasteiger partial charge in [-0.25, -0.2) is 0 Å². The molecule has 0 spiro atoms. The maximum Gasteiger partial charge on any atom is 0.259 e. The predicted molar refractivity (Wildman–Crippen MR) is 69.5 cm³/mol. The zero-order valence-electron chi connectivity index (χ0n) is 10.8. The van der Waals surface area contributed by atoms with Crippen molar-refractivity contribution in [3.63, 3.8) is 0 Å². The third kappa shape index (κ3) is 2.31.